The van der Waals surface area contributed by atoms with Gasteiger partial charge in [-0.25, -0.2) is 9.98 Å². The Morgan fingerprint density at radius 1 is 1.15 bits per heavy atom. The zero-order valence-electron chi connectivity index (χ0n) is 18.9. The average Bonchev–Trinajstić information content (AvgIpc) is 3.46. The van der Waals surface area contributed by atoms with E-state index in [1.54, 1.807) is 13.1 Å². The Hall–Kier alpha value is -3.98. The van der Waals surface area contributed by atoms with Crippen LogP contribution in [0.2, 0.25) is 0 Å². The number of anilines is 1. The molecular formula is C25H27N7O2. The maximum atomic E-state index is 13.4. The first-order valence-electron chi connectivity index (χ1n) is 11.3. The van der Waals surface area contributed by atoms with Crippen LogP contribution in [0.5, 0.6) is 0 Å². The Morgan fingerprint density at radius 3 is 2.68 bits per heavy atom. The van der Waals surface area contributed by atoms with Gasteiger partial charge in [-0.05, 0) is 36.1 Å². The van der Waals surface area contributed by atoms with Crippen molar-refractivity contribution in [2.75, 3.05) is 11.4 Å². The molecule has 9 nitrogen and oxygen atoms in total. The number of nitrogens with one attached hydrogen (secondary N) is 3. The van der Waals surface area contributed by atoms with Crippen LogP contribution in [0.3, 0.4) is 0 Å². The molecule has 3 heterocycles. The molecule has 2 aliphatic heterocycles. The maximum absolute atomic E-state index is 13.4. The summed E-state index contributed by atoms with van der Waals surface area (Å²) in [6.07, 6.45) is 4.23. The lowest BCUT2D eigenvalue weighted by atomic mass is 9.97. The zero-order valence-corrected chi connectivity index (χ0v) is 18.9. The Labute approximate surface area is 197 Å². The van der Waals surface area contributed by atoms with Gasteiger partial charge in [-0.2, -0.15) is 0 Å². The van der Waals surface area contributed by atoms with Crippen molar-refractivity contribution in [1.29, 1.82) is 0 Å². The number of hydrogen-bond acceptors (Lipinski definition) is 6. The standard InChI is InChI=1S/C25H27N7O2/c1-15(26)23(33)30-20(11-18-12-27-14-29-18)24(34)31-25-28-13-22-19-8-4-2-6-16(19)10-17-7-3-5-9-21(17)32(22)25/h2-9,12,14-15,20,22H,10-11,13,26H2,1H3,(H,27,29)(H,30,33)(H,28,31,34). The molecule has 9 heteroatoms. The first kappa shape index (κ1) is 21.8. The lowest BCUT2D eigenvalue weighted by Crippen LogP contribution is -2.54. The van der Waals surface area contributed by atoms with E-state index in [0.717, 1.165) is 17.8 Å². The number of rotatable bonds is 5. The summed E-state index contributed by atoms with van der Waals surface area (Å²) in [5.41, 5.74) is 11.1. The van der Waals surface area contributed by atoms with Gasteiger partial charge in [0.15, 0.2) is 0 Å². The Bertz CT molecular complexity index is 1240. The van der Waals surface area contributed by atoms with Crippen LogP contribution in [0, 0.1) is 0 Å². The van der Waals surface area contributed by atoms with Gasteiger partial charge in [-0.1, -0.05) is 42.5 Å². The monoisotopic (exact) mass is 457 g/mol. The number of benzene rings is 2. The smallest absolute Gasteiger partial charge is 0.249 e. The van der Waals surface area contributed by atoms with Crippen molar-refractivity contribution in [2.45, 2.75) is 37.9 Å². The fraction of sp³-hybridized carbons (Fsp3) is 0.280. The quantitative estimate of drug-likeness (QED) is 0.461. The molecule has 0 saturated carbocycles. The number of carbonyl (C=O) groups excluding carboxylic acids is 2. The van der Waals surface area contributed by atoms with E-state index < -0.39 is 18.0 Å². The van der Waals surface area contributed by atoms with E-state index in [0.29, 0.717) is 12.5 Å². The third-order valence-electron chi connectivity index (χ3n) is 6.26. The van der Waals surface area contributed by atoms with Crippen LogP contribution in [0.25, 0.3) is 0 Å². The van der Waals surface area contributed by atoms with Crippen LogP contribution in [-0.4, -0.2) is 46.4 Å². The largest absolute Gasteiger partial charge is 0.348 e. The number of aromatic nitrogens is 2. The third-order valence-corrected chi connectivity index (χ3v) is 6.26. The summed E-state index contributed by atoms with van der Waals surface area (Å²) >= 11 is 0. The average molecular weight is 458 g/mol. The van der Waals surface area contributed by atoms with Crippen LogP contribution < -0.4 is 21.3 Å². The number of hydrogen-bond donors (Lipinski definition) is 4. The summed E-state index contributed by atoms with van der Waals surface area (Å²) in [6.45, 7) is 2.11. The molecule has 0 spiro atoms. The van der Waals surface area contributed by atoms with Gasteiger partial charge >= 0.3 is 0 Å². The maximum Gasteiger partial charge on any atom is 0.249 e. The number of carbonyl (C=O) groups is 2. The van der Waals surface area contributed by atoms with Crippen LogP contribution in [0.15, 0.2) is 66.0 Å². The second kappa shape index (κ2) is 9.11. The Morgan fingerprint density at radius 2 is 1.91 bits per heavy atom. The normalized spacial score (nSPS) is 18.0. The summed E-state index contributed by atoms with van der Waals surface area (Å²) in [5.74, 6) is -0.290. The summed E-state index contributed by atoms with van der Waals surface area (Å²) in [6, 6.07) is 15.0. The predicted octanol–water partition coefficient (Wildman–Crippen LogP) is 1.42. The number of aliphatic imine (C=N–C) groups is 1. The number of amides is 2. The SMILES string of the molecule is CC(N)C(=O)NC(Cc1cnc[nH]1)C(=O)NC1=NCC2c3ccccc3Cc3ccccc3N12. The van der Waals surface area contributed by atoms with Crippen molar-refractivity contribution < 1.29 is 9.59 Å². The van der Waals surface area contributed by atoms with Crippen LogP contribution in [-0.2, 0) is 22.4 Å². The molecule has 2 aromatic carbocycles. The lowest BCUT2D eigenvalue weighted by Gasteiger charge is -2.29. The number of fused-ring (bicyclic) bond motifs is 5. The zero-order chi connectivity index (χ0) is 23.7. The molecule has 2 aliphatic rings. The minimum absolute atomic E-state index is 0.0140. The molecule has 0 radical (unpaired) electrons. The summed E-state index contributed by atoms with van der Waals surface area (Å²) in [5, 5.41) is 5.73. The highest BCUT2D eigenvalue weighted by molar-refractivity contribution is 6.09. The second-order valence-corrected chi connectivity index (χ2v) is 8.67. The minimum Gasteiger partial charge on any atom is -0.348 e. The number of nitrogens with zero attached hydrogens (tertiary/aromatic N) is 3. The highest BCUT2D eigenvalue weighted by Crippen LogP contribution is 2.39. The van der Waals surface area contributed by atoms with Gasteiger partial charge in [-0.15, -0.1) is 0 Å². The first-order valence-corrected chi connectivity index (χ1v) is 11.3. The van der Waals surface area contributed by atoms with E-state index in [9.17, 15) is 9.59 Å². The van der Waals surface area contributed by atoms with Crippen molar-refractivity contribution in [1.82, 2.24) is 20.6 Å². The van der Waals surface area contributed by atoms with Crippen LogP contribution in [0.4, 0.5) is 5.69 Å². The molecule has 3 atom stereocenters. The molecule has 1 aromatic heterocycles. The van der Waals surface area contributed by atoms with Gasteiger partial charge in [0.25, 0.3) is 0 Å². The molecular weight excluding hydrogens is 430 g/mol. The number of H-pyrrole nitrogens is 1. The Balaban J connectivity index is 1.44. The van der Waals surface area contributed by atoms with E-state index in [1.807, 2.05) is 18.2 Å². The van der Waals surface area contributed by atoms with Gasteiger partial charge in [0.1, 0.15) is 6.04 Å². The number of guanidine groups is 1. The van der Waals surface area contributed by atoms with E-state index in [2.05, 4.69) is 55.8 Å². The van der Waals surface area contributed by atoms with Gasteiger partial charge < -0.3 is 20.9 Å². The summed E-state index contributed by atoms with van der Waals surface area (Å²) in [7, 11) is 0. The molecule has 5 rings (SSSR count). The molecule has 0 bridgehead atoms. The van der Waals surface area contributed by atoms with Crippen molar-refractivity contribution in [3.8, 4) is 0 Å². The van der Waals surface area contributed by atoms with Crippen LogP contribution >= 0.6 is 0 Å². The van der Waals surface area contributed by atoms with Gasteiger partial charge in [-0.3, -0.25) is 14.9 Å². The molecule has 3 aromatic rings. The highest BCUT2D eigenvalue weighted by atomic mass is 16.2. The Kier molecular flexibility index (Phi) is 5.85. The minimum atomic E-state index is -0.838. The molecule has 0 fully saturated rings. The second-order valence-electron chi connectivity index (χ2n) is 8.67. The third kappa shape index (κ3) is 4.17. The lowest BCUT2D eigenvalue weighted by molar-refractivity contribution is -0.128. The van der Waals surface area contributed by atoms with Crippen molar-refractivity contribution in [3.63, 3.8) is 0 Å². The number of para-hydroxylation sites is 1. The molecule has 34 heavy (non-hydrogen) atoms. The molecule has 2 amide bonds. The van der Waals surface area contributed by atoms with Crippen molar-refractivity contribution in [2.24, 2.45) is 10.7 Å². The van der Waals surface area contributed by atoms with E-state index in [1.165, 1.54) is 23.0 Å². The van der Waals surface area contributed by atoms with Crippen molar-refractivity contribution >= 4 is 23.5 Å². The highest BCUT2D eigenvalue weighted by Gasteiger charge is 2.37. The molecule has 3 unspecified atom stereocenters. The number of nitrogens with two attached hydrogens (primary N) is 1. The first-order chi connectivity index (χ1) is 16.5. The van der Waals surface area contributed by atoms with Gasteiger partial charge in [0, 0.05) is 24.0 Å². The van der Waals surface area contributed by atoms with Crippen molar-refractivity contribution in [3.05, 3.63) is 83.4 Å². The number of imidazole rings is 1. The number of aromatic amines is 1. The summed E-state index contributed by atoms with van der Waals surface area (Å²) in [4.78, 5) is 39.5. The van der Waals surface area contributed by atoms with Gasteiger partial charge in [0.2, 0.25) is 17.8 Å². The van der Waals surface area contributed by atoms with E-state index >= 15 is 0 Å². The molecule has 0 saturated heterocycles. The fourth-order valence-corrected chi connectivity index (χ4v) is 4.54. The fourth-order valence-electron chi connectivity index (χ4n) is 4.54. The van der Waals surface area contributed by atoms with E-state index in [-0.39, 0.29) is 18.4 Å². The molecule has 174 valence electrons. The van der Waals surface area contributed by atoms with Crippen LogP contribution in [0.1, 0.15) is 35.3 Å². The van der Waals surface area contributed by atoms with Gasteiger partial charge in [0.05, 0.1) is 25.0 Å². The van der Waals surface area contributed by atoms with E-state index in [4.69, 9.17) is 10.7 Å². The molecule has 5 N–H and O–H groups in total. The molecule has 0 aliphatic carbocycles. The summed E-state index contributed by atoms with van der Waals surface area (Å²) < 4.78 is 0. The predicted molar refractivity (Wildman–Crippen MR) is 129 cm³/mol. The topological polar surface area (TPSA) is 128 Å².